The van der Waals surface area contributed by atoms with Crippen molar-refractivity contribution in [3.05, 3.63) is 18.0 Å². The molecule has 1 fully saturated rings. The van der Waals surface area contributed by atoms with Gasteiger partial charge in [0, 0.05) is 36.7 Å². The number of rotatable bonds is 5. The summed E-state index contributed by atoms with van der Waals surface area (Å²) in [6.07, 6.45) is 2.90. The first kappa shape index (κ1) is 16.5. The molecule has 0 aromatic carbocycles. The highest BCUT2D eigenvalue weighted by Crippen LogP contribution is 2.25. The van der Waals surface area contributed by atoms with Crippen molar-refractivity contribution in [3.8, 4) is 0 Å². The lowest BCUT2D eigenvalue weighted by molar-refractivity contribution is 0.0537. The quantitative estimate of drug-likeness (QED) is 0.860. The van der Waals surface area contributed by atoms with Gasteiger partial charge in [-0.05, 0) is 39.7 Å². The van der Waals surface area contributed by atoms with Crippen LogP contribution in [0, 0.1) is 0 Å². The molecule has 0 saturated carbocycles. The Hall–Kier alpha value is -0.890. The molecule has 21 heavy (non-hydrogen) atoms. The summed E-state index contributed by atoms with van der Waals surface area (Å²) in [5.41, 5.74) is 0.124. The van der Waals surface area contributed by atoms with Gasteiger partial charge in [-0.15, -0.1) is 0 Å². The van der Waals surface area contributed by atoms with Gasteiger partial charge in [0.1, 0.15) is 4.90 Å². The zero-order valence-electron chi connectivity index (χ0n) is 12.8. The first-order valence-electron chi connectivity index (χ1n) is 7.21. The van der Waals surface area contributed by atoms with Crippen LogP contribution in [0.1, 0.15) is 45.3 Å². The lowest BCUT2D eigenvalue weighted by Gasteiger charge is -2.33. The fourth-order valence-electron chi connectivity index (χ4n) is 2.56. The molecular weight excluding hydrogens is 292 g/mol. The highest BCUT2D eigenvalue weighted by Gasteiger charge is 2.33. The second kappa shape index (κ2) is 6.08. The van der Waals surface area contributed by atoms with E-state index in [1.807, 2.05) is 20.8 Å². The van der Waals surface area contributed by atoms with Crippen LogP contribution < -0.4 is 4.72 Å². The number of hydrogen-bond acceptors (Lipinski definition) is 4. The minimum absolute atomic E-state index is 0.0924. The number of aromatic nitrogens is 1. The monoisotopic (exact) mass is 316 g/mol. The smallest absolute Gasteiger partial charge is 0.242 e. The van der Waals surface area contributed by atoms with Gasteiger partial charge in [0.25, 0.3) is 0 Å². The third kappa shape index (κ3) is 3.66. The van der Waals surface area contributed by atoms with Crippen LogP contribution in [0.4, 0.5) is 0 Å². The molecule has 120 valence electrons. The van der Waals surface area contributed by atoms with Crippen LogP contribution in [0.15, 0.2) is 17.2 Å². The van der Waals surface area contributed by atoms with Crippen molar-refractivity contribution in [2.24, 2.45) is 0 Å². The zero-order valence-corrected chi connectivity index (χ0v) is 13.6. The summed E-state index contributed by atoms with van der Waals surface area (Å²) in [4.78, 5) is 0.202. The lowest BCUT2D eigenvalue weighted by Crippen LogP contribution is -2.49. The van der Waals surface area contributed by atoms with Crippen molar-refractivity contribution in [1.29, 1.82) is 0 Å². The Bertz CT molecular complexity index is 586. The number of aliphatic hydroxyl groups excluding tert-OH is 1. The maximum Gasteiger partial charge on any atom is 0.242 e. The summed E-state index contributed by atoms with van der Waals surface area (Å²) in [6, 6.07) is 1.63. The normalized spacial score (nSPS) is 19.1. The zero-order chi connectivity index (χ0) is 15.7. The van der Waals surface area contributed by atoms with Crippen molar-refractivity contribution in [3.63, 3.8) is 0 Å². The van der Waals surface area contributed by atoms with Crippen molar-refractivity contribution in [2.45, 2.75) is 56.7 Å². The number of nitrogens with one attached hydrogen (secondary N) is 1. The Labute approximate surface area is 126 Å². The average Bonchev–Trinajstić information content (AvgIpc) is 2.83. The molecule has 0 unspecified atom stereocenters. The molecule has 2 rings (SSSR count). The van der Waals surface area contributed by atoms with Crippen LogP contribution in [0.25, 0.3) is 0 Å². The Morgan fingerprint density at radius 2 is 2.05 bits per heavy atom. The molecule has 0 radical (unpaired) electrons. The molecule has 1 aliphatic heterocycles. The summed E-state index contributed by atoms with van der Waals surface area (Å²) >= 11 is 0. The van der Waals surface area contributed by atoms with E-state index < -0.39 is 15.6 Å². The fourth-order valence-corrected chi connectivity index (χ4v) is 4.07. The lowest BCUT2D eigenvalue weighted by atomic mass is 9.94. The van der Waals surface area contributed by atoms with E-state index in [-0.39, 0.29) is 17.5 Å². The first-order chi connectivity index (χ1) is 9.77. The van der Waals surface area contributed by atoms with Gasteiger partial charge in [-0.2, -0.15) is 0 Å². The van der Waals surface area contributed by atoms with Gasteiger partial charge in [0.2, 0.25) is 10.0 Å². The molecule has 6 nitrogen and oxygen atoms in total. The first-order valence-corrected chi connectivity index (χ1v) is 8.69. The Morgan fingerprint density at radius 1 is 1.43 bits per heavy atom. The molecule has 1 aromatic heterocycles. The maximum absolute atomic E-state index is 12.6. The second-order valence-electron chi connectivity index (χ2n) is 6.10. The molecule has 0 aliphatic carbocycles. The van der Waals surface area contributed by atoms with E-state index in [1.165, 1.54) is 6.07 Å². The number of aliphatic hydroxyl groups is 1. The topological polar surface area (TPSA) is 80.6 Å². The van der Waals surface area contributed by atoms with Gasteiger partial charge >= 0.3 is 0 Å². The number of nitrogens with zero attached hydrogens (tertiary/aromatic N) is 1. The van der Waals surface area contributed by atoms with Gasteiger partial charge in [-0.1, -0.05) is 0 Å². The van der Waals surface area contributed by atoms with Crippen LogP contribution in [0.3, 0.4) is 0 Å². The highest BCUT2D eigenvalue weighted by atomic mass is 32.2. The molecular formula is C14H24N2O4S. The van der Waals surface area contributed by atoms with Crippen molar-refractivity contribution in [1.82, 2.24) is 9.29 Å². The highest BCUT2D eigenvalue weighted by molar-refractivity contribution is 7.89. The molecule has 1 saturated heterocycles. The van der Waals surface area contributed by atoms with Crippen molar-refractivity contribution >= 4 is 10.0 Å². The number of hydrogen-bond donors (Lipinski definition) is 2. The van der Waals surface area contributed by atoms with E-state index in [1.54, 1.807) is 10.8 Å². The standard InChI is InChI=1S/C14H24N2O4S/c1-11(2)16-9-13(8-12(16)10-17)21(18,19)15-14(3)4-6-20-7-5-14/h8-9,11,15,17H,4-7,10H2,1-3H3. The van der Waals surface area contributed by atoms with E-state index >= 15 is 0 Å². The van der Waals surface area contributed by atoms with Gasteiger partial charge in [0.05, 0.1) is 6.61 Å². The van der Waals surface area contributed by atoms with Crippen molar-refractivity contribution in [2.75, 3.05) is 13.2 Å². The van der Waals surface area contributed by atoms with E-state index in [0.717, 1.165) is 0 Å². The molecule has 2 heterocycles. The van der Waals surface area contributed by atoms with Crippen LogP contribution in [0.5, 0.6) is 0 Å². The average molecular weight is 316 g/mol. The molecule has 7 heteroatoms. The molecule has 0 atom stereocenters. The summed E-state index contributed by atoms with van der Waals surface area (Å²) in [6.45, 7) is 6.74. The Balaban J connectivity index is 2.27. The molecule has 1 aromatic rings. The Morgan fingerprint density at radius 3 is 2.52 bits per heavy atom. The minimum atomic E-state index is -3.60. The van der Waals surface area contributed by atoms with E-state index in [0.29, 0.717) is 31.7 Å². The van der Waals surface area contributed by atoms with Gasteiger partial charge in [-0.3, -0.25) is 0 Å². The van der Waals surface area contributed by atoms with E-state index in [2.05, 4.69) is 4.72 Å². The van der Waals surface area contributed by atoms with Crippen LogP contribution >= 0.6 is 0 Å². The minimum Gasteiger partial charge on any atom is -0.390 e. The van der Waals surface area contributed by atoms with Gasteiger partial charge < -0.3 is 14.4 Å². The van der Waals surface area contributed by atoms with Gasteiger partial charge in [0.15, 0.2) is 0 Å². The van der Waals surface area contributed by atoms with Crippen molar-refractivity contribution < 1.29 is 18.3 Å². The fraction of sp³-hybridized carbons (Fsp3) is 0.714. The number of sulfonamides is 1. The summed E-state index contributed by atoms with van der Waals surface area (Å²) < 4.78 is 35.0. The predicted octanol–water partition coefficient (Wildman–Crippen LogP) is 1.41. The second-order valence-corrected chi connectivity index (χ2v) is 7.79. The maximum atomic E-state index is 12.6. The van der Waals surface area contributed by atoms with Crippen LogP contribution in [-0.2, 0) is 21.4 Å². The summed E-state index contributed by atoms with van der Waals surface area (Å²) in [7, 11) is -3.60. The SMILES string of the molecule is CC(C)n1cc(S(=O)(=O)NC2(C)CCOCC2)cc1CO. The van der Waals surface area contributed by atoms with Crippen LogP contribution in [0.2, 0.25) is 0 Å². The third-order valence-electron chi connectivity index (χ3n) is 3.91. The predicted molar refractivity (Wildman–Crippen MR) is 79.5 cm³/mol. The van der Waals surface area contributed by atoms with E-state index in [4.69, 9.17) is 4.74 Å². The molecule has 2 N–H and O–H groups in total. The molecule has 0 bridgehead atoms. The molecule has 0 amide bonds. The summed E-state index contributed by atoms with van der Waals surface area (Å²) in [5, 5.41) is 9.37. The van der Waals surface area contributed by atoms with Crippen LogP contribution in [-0.4, -0.2) is 36.8 Å². The Kier molecular flexibility index (Phi) is 4.77. The molecule has 0 spiro atoms. The summed E-state index contributed by atoms with van der Waals surface area (Å²) in [5.74, 6) is 0. The van der Waals surface area contributed by atoms with Gasteiger partial charge in [-0.25, -0.2) is 13.1 Å². The third-order valence-corrected chi connectivity index (χ3v) is 5.52. The number of ether oxygens (including phenoxy) is 1. The molecule has 1 aliphatic rings. The largest absolute Gasteiger partial charge is 0.390 e. The van der Waals surface area contributed by atoms with E-state index in [9.17, 15) is 13.5 Å².